The molecule has 0 unspecified atom stereocenters. The molecule has 1 aromatic rings. The van der Waals surface area contributed by atoms with E-state index in [0.29, 0.717) is 13.2 Å². The van der Waals surface area contributed by atoms with Gasteiger partial charge in [0.2, 0.25) is 5.91 Å². The molecule has 0 radical (unpaired) electrons. The number of amides is 1. The zero-order valence-electron chi connectivity index (χ0n) is 12.2. The minimum atomic E-state index is 0.0310. The third-order valence-electron chi connectivity index (χ3n) is 3.43. The van der Waals surface area contributed by atoms with Gasteiger partial charge in [0.15, 0.2) is 0 Å². The summed E-state index contributed by atoms with van der Waals surface area (Å²) in [5.74, 6) is 0.840. The number of ether oxygens (including phenoxy) is 2. The maximum atomic E-state index is 12.2. The summed E-state index contributed by atoms with van der Waals surface area (Å²) in [6, 6.07) is 7.73. The van der Waals surface area contributed by atoms with E-state index in [9.17, 15) is 4.79 Å². The van der Waals surface area contributed by atoms with Crippen molar-refractivity contribution in [3.05, 3.63) is 35.9 Å². The summed E-state index contributed by atoms with van der Waals surface area (Å²) in [7, 11) is 1.63. The fraction of sp³-hybridized carbons (Fsp3) is 0.438. The van der Waals surface area contributed by atoms with Gasteiger partial charge in [-0.25, -0.2) is 0 Å². The van der Waals surface area contributed by atoms with Crippen LogP contribution in [0.15, 0.2) is 30.3 Å². The largest absolute Gasteiger partial charge is 0.497 e. The van der Waals surface area contributed by atoms with Crippen LogP contribution >= 0.6 is 0 Å². The molecule has 1 saturated heterocycles. The summed E-state index contributed by atoms with van der Waals surface area (Å²) in [5.41, 5.74) is 0.980. The van der Waals surface area contributed by atoms with Crippen LogP contribution in [-0.2, 0) is 9.53 Å². The van der Waals surface area contributed by atoms with Gasteiger partial charge in [-0.1, -0.05) is 12.1 Å². The highest BCUT2D eigenvalue weighted by atomic mass is 16.5. The predicted octanol–water partition coefficient (Wildman–Crippen LogP) is 2.34. The highest BCUT2D eigenvalue weighted by Crippen LogP contribution is 2.14. The second-order valence-electron chi connectivity index (χ2n) is 5.09. The molecular formula is C16H21NO3. The van der Waals surface area contributed by atoms with Gasteiger partial charge in [0.05, 0.1) is 25.9 Å². The van der Waals surface area contributed by atoms with E-state index < -0.39 is 0 Å². The Kier molecular flexibility index (Phi) is 4.79. The SMILES string of the molecule is COc1ccc(/C=C\C(=O)N2C[C@H](C)OC[C@@H]2C)cc1. The maximum absolute atomic E-state index is 12.2. The van der Waals surface area contributed by atoms with Gasteiger partial charge >= 0.3 is 0 Å². The van der Waals surface area contributed by atoms with E-state index in [1.807, 2.05) is 49.1 Å². The van der Waals surface area contributed by atoms with E-state index in [2.05, 4.69) is 0 Å². The monoisotopic (exact) mass is 275 g/mol. The fourth-order valence-corrected chi connectivity index (χ4v) is 2.19. The molecule has 0 saturated carbocycles. The molecule has 20 heavy (non-hydrogen) atoms. The Hall–Kier alpha value is -1.81. The Labute approximate surface area is 120 Å². The third kappa shape index (κ3) is 3.61. The molecule has 4 heteroatoms. The molecule has 1 fully saturated rings. The summed E-state index contributed by atoms with van der Waals surface area (Å²) in [5, 5.41) is 0. The molecule has 108 valence electrons. The average molecular weight is 275 g/mol. The molecule has 2 rings (SSSR count). The summed E-state index contributed by atoms with van der Waals surface area (Å²) in [6.45, 7) is 5.24. The van der Waals surface area contributed by atoms with Gasteiger partial charge < -0.3 is 14.4 Å². The summed E-state index contributed by atoms with van der Waals surface area (Å²) < 4.78 is 10.6. The molecule has 0 spiro atoms. The van der Waals surface area contributed by atoms with Gasteiger partial charge in [-0.3, -0.25) is 4.79 Å². The van der Waals surface area contributed by atoms with Gasteiger partial charge in [0.25, 0.3) is 0 Å². The lowest BCUT2D eigenvalue weighted by Gasteiger charge is -2.36. The minimum Gasteiger partial charge on any atom is -0.497 e. The first kappa shape index (κ1) is 14.6. The molecule has 1 amide bonds. The highest BCUT2D eigenvalue weighted by molar-refractivity contribution is 5.92. The summed E-state index contributed by atoms with van der Waals surface area (Å²) in [4.78, 5) is 14.1. The lowest BCUT2D eigenvalue weighted by Crippen LogP contribution is -2.49. The second-order valence-corrected chi connectivity index (χ2v) is 5.09. The number of benzene rings is 1. The Morgan fingerprint density at radius 3 is 2.70 bits per heavy atom. The van der Waals surface area contributed by atoms with E-state index in [0.717, 1.165) is 11.3 Å². The number of hydrogen-bond donors (Lipinski definition) is 0. The van der Waals surface area contributed by atoms with Crippen molar-refractivity contribution in [2.75, 3.05) is 20.3 Å². The minimum absolute atomic E-state index is 0.0310. The van der Waals surface area contributed by atoms with Crippen molar-refractivity contribution in [1.82, 2.24) is 4.90 Å². The van der Waals surface area contributed by atoms with E-state index in [1.165, 1.54) is 0 Å². The van der Waals surface area contributed by atoms with Gasteiger partial charge in [-0.15, -0.1) is 0 Å². The number of carbonyl (C=O) groups excluding carboxylic acids is 1. The molecule has 0 aromatic heterocycles. The van der Waals surface area contributed by atoms with Crippen LogP contribution in [0, 0.1) is 0 Å². The van der Waals surface area contributed by atoms with Gasteiger partial charge in [0, 0.05) is 12.6 Å². The molecule has 1 heterocycles. The van der Waals surface area contributed by atoms with Crippen molar-refractivity contribution >= 4 is 12.0 Å². The molecule has 2 atom stereocenters. The van der Waals surface area contributed by atoms with Crippen LogP contribution in [0.3, 0.4) is 0 Å². The Balaban J connectivity index is 2.00. The topological polar surface area (TPSA) is 38.8 Å². The van der Waals surface area contributed by atoms with E-state index in [1.54, 1.807) is 13.2 Å². The van der Waals surface area contributed by atoms with E-state index in [4.69, 9.17) is 9.47 Å². The van der Waals surface area contributed by atoms with Crippen LogP contribution in [0.1, 0.15) is 19.4 Å². The number of hydrogen-bond acceptors (Lipinski definition) is 3. The highest BCUT2D eigenvalue weighted by Gasteiger charge is 2.25. The lowest BCUT2D eigenvalue weighted by molar-refractivity contribution is -0.137. The summed E-state index contributed by atoms with van der Waals surface area (Å²) >= 11 is 0. The Morgan fingerprint density at radius 1 is 1.35 bits per heavy atom. The molecule has 1 aromatic carbocycles. The third-order valence-corrected chi connectivity index (χ3v) is 3.43. The normalized spacial score (nSPS) is 23.1. The second kappa shape index (κ2) is 6.57. The first-order chi connectivity index (χ1) is 9.60. The maximum Gasteiger partial charge on any atom is 0.246 e. The predicted molar refractivity (Wildman–Crippen MR) is 78.6 cm³/mol. The Morgan fingerprint density at radius 2 is 2.05 bits per heavy atom. The van der Waals surface area contributed by atoms with Crippen molar-refractivity contribution in [3.63, 3.8) is 0 Å². The summed E-state index contributed by atoms with van der Waals surface area (Å²) in [6.07, 6.45) is 3.55. The Bertz CT molecular complexity index is 481. The number of carbonyl (C=O) groups is 1. The van der Waals surface area contributed by atoms with Crippen LogP contribution in [0.5, 0.6) is 5.75 Å². The number of rotatable bonds is 3. The van der Waals surface area contributed by atoms with Gasteiger partial charge in [-0.05, 0) is 37.6 Å². The van der Waals surface area contributed by atoms with Crippen LogP contribution in [0.2, 0.25) is 0 Å². The zero-order chi connectivity index (χ0) is 14.5. The standard InChI is InChI=1S/C16H21NO3/c1-12-11-20-13(2)10-17(12)16(18)9-6-14-4-7-15(19-3)8-5-14/h4-9,12-13H,10-11H2,1-3H3/b9-6-/t12-,13-/m0/s1. The van der Waals surface area contributed by atoms with Crippen molar-refractivity contribution in [2.45, 2.75) is 26.0 Å². The first-order valence-corrected chi connectivity index (χ1v) is 6.84. The lowest BCUT2D eigenvalue weighted by atomic mass is 10.1. The van der Waals surface area contributed by atoms with Crippen LogP contribution in [0.4, 0.5) is 0 Å². The van der Waals surface area contributed by atoms with Crippen LogP contribution < -0.4 is 4.74 Å². The van der Waals surface area contributed by atoms with Gasteiger partial charge in [-0.2, -0.15) is 0 Å². The van der Waals surface area contributed by atoms with Crippen molar-refractivity contribution < 1.29 is 14.3 Å². The average Bonchev–Trinajstić information content (AvgIpc) is 2.47. The quantitative estimate of drug-likeness (QED) is 0.795. The van der Waals surface area contributed by atoms with Crippen LogP contribution in [-0.4, -0.2) is 43.2 Å². The van der Waals surface area contributed by atoms with Crippen LogP contribution in [0.25, 0.3) is 6.08 Å². The van der Waals surface area contributed by atoms with Crippen molar-refractivity contribution in [2.24, 2.45) is 0 Å². The van der Waals surface area contributed by atoms with Crippen molar-refractivity contribution in [3.8, 4) is 5.75 Å². The van der Waals surface area contributed by atoms with Gasteiger partial charge in [0.1, 0.15) is 5.75 Å². The fourth-order valence-electron chi connectivity index (χ4n) is 2.19. The smallest absolute Gasteiger partial charge is 0.246 e. The number of methoxy groups -OCH3 is 1. The molecule has 4 nitrogen and oxygen atoms in total. The molecule has 1 aliphatic rings. The van der Waals surface area contributed by atoms with E-state index in [-0.39, 0.29) is 18.1 Å². The molecule has 0 bridgehead atoms. The number of morpholine rings is 1. The molecular weight excluding hydrogens is 254 g/mol. The van der Waals surface area contributed by atoms with Crippen molar-refractivity contribution in [1.29, 1.82) is 0 Å². The molecule has 0 N–H and O–H groups in total. The van der Waals surface area contributed by atoms with E-state index >= 15 is 0 Å². The molecule has 1 aliphatic heterocycles. The molecule has 0 aliphatic carbocycles. The first-order valence-electron chi connectivity index (χ1n) is 6.84. The zero-order valence-corrected chi connectivity index (χ0v) is 12.2. The number of nitrogens with zero attached hydrogens (tertiary/aromatic N) is 1.